The van der Waals surface area contributed by atoms with Gasteiger partial charge in [0.1, 0.15) is 5.75 Å². The molecule has 0 saturated heterocycles. The molecule has 2 rings (SSSR count). The molecule has 15 heavy (non-hydrogen) atoms. The van der Waals surface area contributed by atoms with E-state index in [0.29, 0.717) is 5.56 Å². The fraction of sp³-hybridized carbons (Fsp3) is 0.0833. The summed E-state index contributed by atoms with van der Waals surface area (Å²) in [6.07, 6.45) is 0.870. The van der Waals surface area contributed by atoms with Crippen molar-refractivity contribution in [2.24, 2.45) is 0 Å². The highest BCUT2D eigenvalue weighted by Crippen LogP contribution is 2.30. The molecule has 0 atom stereocenters. The Bertz CT molecular complexity index is 460. The molecule has 0 spiro atoms. The number of rotatable bonds is 3. The largest absolute Gasteiger partial charge is 0.497 e. The number of carbonyl (C=O) groups is 1. The molecular weight excluding hydrogens is 208 g/mol. The van der Waals surface area contributed by atoms with Crippen molar-refractivity contribution >= 4 is 17.6 Å². The van der Waals surface area contributed by atoms with Crippen LogP contribution in [0.5, 0.6) is 5.75 Å². The van der Waals surface area contributed by atoms with Crippen LogP contribution in [0.4, 0.5) is 0 Å². The molecule has 0 aliphatic carbocycles. The van der Waals surface area contributed by atoms with E-state index in [4.69, 9.17) is 4.74 Å². The lowest BCUT2D eigenvalue weighted by atomic mass is 10.1. The average Bonchev–Trinajstić information content (AvgIpc) is 2.81. The summed E-state index contributed by atoms with van der Waals surface area (Å²) in [5, 5.41) is 1.99. The fourth-order valence-electron chi connectivity index (χ4n) is 1.41. The highest BCUT2D eigenvalue weighted by molar-refractivity contribution is 7.13. The van der Waals surface area contributed by atoms with Gasteiger partial charge in [0.2, 0.25) is 0 Å². The fourth-order valence-corrected chi connectivity index (χ4v) is 2.17. The molecule has 0 fully saturated rings. The highest BCUT2D eigenvalue weighted by atomic mass is 32.1. The zero-order valence-corrected chi connectivity index (χ0v) is 9.08. The Morgan fingerprint density at radius 3 is 2.80 bits per heavy atom. The number of hydrogen-bond donors (Lipinski definition) is 0. The lowest BCUT2D eigenvalue weighted by Gasteiger charge is -2.05. The first-order valence-electron chi connectivity index (χ1n) is 4.52. The van der Waals surface area contributed by atoms with Crippen LogP contribution in [0.2, 0.25) is 0 Å². The minimum atomic E-state index is 0.693. The Hall–Kier alpha value is -1.61. The molecule has 1 aromatic heterocycles. The van der Waals surface area contributed by atoms with Crippen LogP contribution < -0.4 is 4.74 Å². The van der Waals surface area contributed by atoms with Crippen LogP contribution in [-0.4, -0.2) is 13.4 Å². The lowest BCUT2D eigenvalue weighted by molar-refractivity contribution is 0.112. The Kier molecular flexibility index (Phi) is 2.83. The molecule has 0 aliphatic rings. The average molecular weight is 218 g/mol. The monoisotopic (exact) mass is 218 g/mol. The zero-order chi connectivity index (χ0) is 10.7. The van der Waals surface area contributed by atoms with Gasteiger partial charge in [-0.1, -0.05) is 6.07 Å². The predicted octanol–water partition coefficient (Wildman–Crippen LogP) is 3.24. The van der Waals surface area contributed by atoms with Gasteiger partial charge in [0.25, 0.3) is 0 Å². The summed E-state index contributed by atoms with van der Waals surface area (Å²) in [5.74, 6) is 0.768. The molecule has 1 heterocycles. The summed E-state index contributed by atoms with van der Waals surface area (Å²) in [7, 11) is 1.62. The van der Waals surface area contributed by atoms with E-state index in [9.17, 15) is 4.79 Å². The first-order chi connectivity index (χ1) is 7.35. The van der Waals surface area contributed by atoms with Gasteiger partial charge >= 0.3 is 0 Å². The van der Waals surface area contributed by atoms with Gasteiger partial charge in [-0.3, -0.25) is 4.79 Å². The van der Waals surface area contributed by atoms with E-state index in [1.165, 1.54) is 0 Å². The van der Waals surface area contributed by atoms with Crippen molar-refractivity contribution < 1.29 is 9.53 Å². The summed E-state index contributed by atoms with van der Waals surface area (Å²) in [6, 6.07) is 9.41. The van der Waals surface area contributed by atoms with E-state index in [2.05, 4.69) is 0 Å². The minimum absolute atomic E-state index is 0.693. The van der Waals surface area contributed by atoms with Gasteiger partial charge in [-0.05, 0) is 29.6 Å². The van der Waals surface area contributed by atoms with E-state index in [1.807, 2.05) is 23.6 Å². The number of aldehydes is 1. The Morgan fingerprint density at radius 2 is 2.20 bits per heavy atom. The highest BCUT2D eigenvalue weighted by Gasteiger charge is 2.06. The second-order valence-corrected chi connectivity index (χ2v) is 4.00. The second-order valence-electron chi connectivity index (χ2n) is 3.05. The molecule has 1 aromatic carbocycles. The van der Waals surface area contributed by atoms with E-state index in [-0.39, 0.29) is 0 Å². The van der Waals surface area contributed by atoms with Crippen LogP contribution in [-0.2, 0) is 0 Å². The van der Waals surface area contributed by atoms with Gasteiger partial charge in [0.15, 0.2) is 6.29 Å². The van der Waals surface area contributed by atoms with Crippen LogP contribution in [0, 0.1) is 0 Å². The molecule has 0 radical (unpaired) electrons. The first-order valence-corrected chi connectivity index (χ1v) is 5.40. The summed E-state index contributed by atoms with van der Waals surface area (Å²) >= 11 is 1.61. The third-order valence-corrected chi connectivity index (χ3v) is 3.08. The van der Waals surface area contributed by atoms with Gasteiger partial charge in [-0.2, -0.15) is 0 Å². The number of ether oxygens (including phenoxy) is 1. The van der Waals surface area contributed by atoms with Crippen molar-refractivity contribution in [2.75, 3.05) is 7.11 Å². The standard InChI is InChI=1S/C12H10O2S/c1-14-10-5-4-9(8-13)11(7-10)12-3-2-6-15-12/h2-8H,1H3. The number of methoxy groups -OCH3 is 1. The molecule has 0 saturated carbocycles. The quantitative estimate of drug-likeness (QED) is 0.739. The van der Waals surface area contributed by atoms with E-state index >= 15 is 0 Å². The van der Waals surface area contributed by atoms with Crippen molar-refractivity contribution in [3.8, 4) is 16.2 Å². The Balaban J connectivity index is 2.56. The summed E-state index contributed by atoms with van der Waals surface area (Å²) in [5.41, 5.74) is 1.62. The van der Waals surface area contributed by atoms with Gasteiger partial charge in [0.05, 0.1) is 7.11 Å². The SMILES string of the molecule is COc1ccc(C=O)c(-c2cccs2)c1. The molecule has 0 unspecified atom stereocenters. The zero-order valence-electron chi connectivity index (χ0n) is 8.27. The Morgan fingerprint density at radius 1 is 1.33 bits per heavy atom. The number of thiophene rings is 1. The van der Waals surface area contributed by atoms with Gasteiger partial charge in [0, 0.05) is 16.0 Å². The molecule has 0 bridgehead atoms. The third-order valence-electron chi connectivity index (χ3n) is 2.17. The van der Waals surface area contributed by atoms with Crippen molar-refractivity contribution in [3.63, 3.8) is 0 Å². The maximum absolute atomic E-state index is 10.9. The smallest absolute Gasteiger partial charge is 0.150 e. The predicted molar refractivity (Wildman–Crippen MR) is 61.7 cm³/mol. The van der Waals surface area contributed by atoms with Crippen LogP contribution in [0.25, 0.3) is 10.4 Å². The van der Waals surface area contributed by atoms with Gasteiger partial charge < -0.3 is 4.74 Å². The molecular formula is C12H10O2S. The summed E-state index contributed by atoms with van der Waals surface area (Å²) < 4.78 is 5.14. The number of benzene rings is 1. The molecule has 2 aromatic rings. The van der Waals surface area contributed by atoms with Crippen molar-refractivity contribution in [2.45, 2.75) is 0 Å². The number of carbonyl (C=O) groups excluding carboxylic acids is 1. The van der Waals surface area contributed by atoms with Crippen LogP contribution in [0.15, 0.2) is 35.7 Å². The van der Waals surface area contributed by atoms with E-state index in [0.717, 1.165) is 22.5 Å². The normalized spacial score (nSPS) is 9.93. The topological polar surface area (TPSA) is 26.3 Å². The second kappa shape index (κ2) is 4.28. The summed E-state index contributed by atoms with van der Waals surface area (Å²) in [6.45, 7) is 0. The molecule has 3 heteroatoms. The number of hydrogen-bond acceptors (Lipinski definition) is 3. The van der Waals surface area contributed by atoms with Gasteiger partial charge in [-0.15, -0.1) is 11.3 Å². The molecule has 0 N–H and O–H groups in total. The molecule has 2 nitrogen and oxygen atoms in total. The van der Waals surface area contributed by atoms with E-state index in [1.54, 1.807) is 30.6 Å². The third kappa shape index (κ3) is 1.92. The van der Waals surface area contributed by atoms with Crippen molar-refractivity contribution in [3.05, 3.63) is 41.3 Å². The minimum Gasteiger partial charge on any atom is -0.497 e. The van der Waals surface area contributed by atoms with Crippen molar-refractivity contribution in [1.29, 1.82) is 0 Å². The van der Waals surface area contributed by atoms with Crippen LogP contribution >= 0.6 is 11.3 Å². The first kappa shape index (κ1) is 9.93. The molecule has 0 aliphatic heterocycles. The van der Waals surface area contributed by atoms with E-state index < -0.39 is 0 Å². The maximum Gasteiger partial charge on any atom is 0.150 e. The Labute approximate surface area is 92.1 Å². The summed E-state index contributed by atoms with van der Waals surface area (Å²) in [4.78, 5) is 12.0. The molecule has 76 valence electrons. The van der Waals surface area contributed by atoms with Crippen LogP contribution in [0.3, 0.4) is 0 Å². The van der Waals surface area contributed by atoms with Gasteiger partial charge in [-0.25, -0.2) is 0 Å². The lowest BCUT2D eigenvalue weighted by Crippen LogP contribution is -1.88. The van der Waals surface area contributed by atoms with Crippen LogP contribution in [0.1, 0.15) is 10.4 Å². The van der Waals surface area contributed by atoms with Crippen molar-refractivity contribution in [1.82, 2.24) is 0 Å². The molecule has 0 amide bonds. The maximum atomic E-state index is 10.9.